The first-order valence-corrected chi connectivity index (χ1v) is 8.93. The van der Waals surface area contributed by atoms with Crippen LogP contribution in [0, 0.1) is 12.7 Å². The van der Waals surface area contributed by atoms with E-state index in [2.05, 4.69) is 15.5 Å². The van der Waals surface area contributed by atoms with E-state index in [4.69, 9.17) is 5.73 Å². The van der Waals surface area contributed by atoms with Crippen molar-refractivity contribution in [1.82, 2.24) is 0 Å². The van der Waals surface area contributed by atoms with Crippen molar-refractivity contribution in [2.24, 2.45) is 5.73 Å². The van der Waals surface area contributed by atoms with E-state index in [1.807, 2.05) is 6.07 Å². The van der Waals surface area contributed by atoms with Gasteiger partial charge in [-0.15, -0.1) is 0 Å². The number of benzene rings is 2. The minimum Gasteiger partial charge on any atom is -0.374 e. The van der Waals surface area contributed by atoms with E-state index in [1.165, 1.54) is 12.1 Å². The van der Waals surface area contributed by atoms with Crippen LogP contribution in [0.25, 0.3) is 0 Å². The Kier molecular flexibility index (Phi) is 5.59. The van der Waals surface area contributed by atoms with Crippen LogP contribution in [-0.2, 0) is 4.79 Å². The summed E-state index contributed by atoms with van der Waals surface area (Å²) in [5.41, 5.74) is 8.59. The standard InChI is InChI=1S/C20H23FN4O2/c1-13-4-6-15(21)11-16(13)24-19(26)12-23-17-10-14(20(22)27)5-7-18(17)25-8-2-3-9-25/h4-7,10-11,23H,2-3,8-9,12H2,1H3,(H2,22,27)(H,24,26). The van der Waals surface area contributed by atoms with Gasteiger partial charge in [-0.1, -0.05) is 6.07 Å². The van der Waals surface area contributed by atoms with E-state index >= 15 is 0 Å². The Labute approximate surface area is 157 Å². The van der Waals surface area contributed by atoms with Gasteiger partial charge in [-0.25, -0.2) is 4.39 Å². The molecule has 27 heavy (non-hydrogen) atoms. The van der Waals surface area contributed by atoms with Crippen LogP contribution < -0.4 is 21.3 Å². The van der Waals surface area contributed by atoms with E-state index in [1.54, 1.807) is 25.1 Å². The number of hydrogen-bond acceptors (Lipinski definition) is 4. The van der Waals surface area contributed by atoms with Crippen molar-refractivity contribution in [3.63, 3.8) is 0 Å². The molecule has 6 nitrogen and oxygen atoms in total. The van der Waals surface area contributed by atoms with E-state index < -0.39 is 11.7 Å². The second kappa shape index (κ2) is 8.07. The van der Waals surface area contributed by atoms with Crippen LogP contribution >= 0.6 is 0 Å². The lowest BCUT2D eigenvalue weighted by atomic mass is 10.1. The van der Waals surface area contributed by atoms with Gasteiger partial charge < -0.3 is 21.3 Å². The van der Waals surface area contributed by atoms with E-state index in [0.717, 1.165) is 37.2 Å². The first-order chi connectivity index (χ1) is 12.9. The molecule has 1 fully saturated rings. The zero-order valence-corrected chi connectivity index (χ0v) is 15.2. The van der Waals surface area contributed by atoms with Crippen LogP contribution in [0.1, 0.15) is 28.8 Å². The third-order valence-electron chi connectivity index (χ3n) is 4.64. The second-order valence-electron chi connectivity index (χ2n) is 6.65. The molecule has 0 saturated carbocycles. The summed E-state index contributed by atoms with van der Waals surface area (Å²) in [6.07, 6.45) is 2.21. The molecule has 0 atom stereocenters. The van der Waals surface area contributed by atoms with Gasteiger partial charge in [0.25, 0.3) is 0 Å². The molecule has 0 bridgehead atoms. The fourth-order valence-corrected chi connectivity index (χ4v) is 3.16. The molecular weight excluding hydrogens is 347 g/mol. The summed E-state index contributed by atoms with van der Waals surface area (Å²) in [5, 5.41) is 5.79. The lowest BCUT2D eigenvalue weighted by molar-refractivity contribution is -0.114. The van der Waals surface area contributed by atoms with Crippen molar-refractivity contribution in [3.8, 4) is 0 Å². The average Bonchev–Trinajstić information content (AvgIpc) is 3.17. The number of halogens is 1. The largest absolute Gasteiger partial charge is 0.374 e. The second-order valence-corrected chi connectivity index (χ2v) is 6.65. The number of nitrogens with two attached hydrogens (primary N) is 1. The first-order valence-electron chi connectivity index (χ1n) is 8.93. The summed E-state index contributed by atoms with van der Waals surface area (Å²) in [7, 11) is 0. The normalized spacial score (nSPS) is 13.5. The lowest BCUT2D eigenvalue weighted by Crippen LogP contribution is -2.25. The molecule has 1 heterocycles. The van der Waals surface area contributed by atoms with Gasteiger partial charge in [-0.3, -0.25) is 9.59 Å². The van der Waals surface area contributed by atoms with Gasteiger partial charge in [0.1, 0.15) is 5.82 Å². The molecule has 142 valence electrons. The Bertz CT molecular complexity index is 863. The quantitative estimate of drug-likeness (QED) is 0.730. The minimum atomic E-state index is -0.522. The van der Waals surface area contributed by atoms with E-state index in [9.17, 15) is 14.0 Å². The molecule has 0 spiro atoms. The van der Waals surface area contributed by atoms with Crippen molar-refractivity contribution in [2.75, 3.05) is 35.2 Å². The molecule has 2 amide bonds. The highest BCUT2D eigenvalue weighted by Gasteiger charge is 2.17. The van der Waals surface area contributed by atoms with Crippen molar-refractivity contribution in [2.45, 2.75) is 19.8 Å². The maximum Gasteiger partial charge on any atom is 0.248 e. The molecule has 1 aliphatic rings. The monoisotopic (exact) mass is 370 g/mol. The Hall–Kier alpha value is -3.09. The molecule has 0 unspecified atom stereocenters. The van der Waals surface area contributed by atoms with Gasteiger partial charge in [0.15, 0.2) is 0 Å². The van der Waals surface area contributed by atoms with Gasteiger partial charge in [0.2, 0.25) is 11.8 Å². The fraction of sp³-hybridized carbons (Fsp3) is 0.300. The smallest absolute Gasteiger partial charge is 0.248 e. The molecule has 0 aromatic heterocycles. The zero-order chi connectivity index (χ0) is 19.4. The van der Waals surface area contributed by atoms with Crippen LogP contribution in [0.4, 0.5) is 21.5 Å². The number of hydrogen-bond donors (Lipinski definition) is 3. The molecule has 2 aromatic rings. The number of amides is 2. The van der Waals surface area contributed by atoms with Crippen molar-refractivity contribution >= 4 is 28.9 Å². The maximum atomic E-state index is 13.4. The van der Waals surface area contributed by atoms with Crippen LogP contribution in [0.5, 0.6) is 0 Å². The van der Waals surface area contributed by atoms with Gasteiger partial charge in [-0.05, 0) is 55.7 Å². The summed E-state index contributed by atoms with van der Waals surface area (Å²) in [4.78, 5) is 26.0. The summed E-state index contributed by atoms with van der Waals surface area (Å²) in [6, 6.07) is 9.45. The average molecular weight is 370 g/mol. The number of anilines is 3. The number of carbonyl (C=O) groups excluding carboxylic acids is 2. The zero-order valence-electron chi connectivity index (χ0n) is 15.2. The highest BCUT2D eigenvalue weighted by Crippen LogP contribution is 2.30. The van der Waals surface area contributed by atoms with Gasteiger partial charge in [-0.2, -0.15) is 0 Å². The van der Waals surface area contributed by atoms with E-state index in [0.29, 0.717) is 16.9 Å². The summed E-state index contributed by atoms with van der Waals surface area (Å²) in [5.74, 6) is -1.24. The Morgan fingerprint density at radius 2 is 1.85 bits per heavy atom. The van der Waals surface area contributed by atoms with Gasteiger partial charge >= 0.3 is 0 Å². The molecule has 4 N–H and O–H groups in total. The highest BCUT2D eigenvalue weighted by atomic mass is 19.1. The molecule has 1 aliphatic heterocycles. The molecule has 7 heteroatoms. The Balaban J connectivity index is 1.73. The molecule has 0 radical (unpaired) electrons. The number of rotatable bonds is 6. The van der Waals surface area contributed by atoms with Crippen molar-refractivity contribution in [1.29, 1.82) is 0 Å². The Morgan fingerprint density at radius 1 is 1.11 bits per heavy atom. The first kappa shape index (κ1) is 18.7. The number of nitrogens with zero attached hydrogens (tertiary/aromatic N) is 1. The Morgan fingerprint density at radius 3 is 2.56 bits per heavy atom. The highest BCUT2D eigenvalue weighted by molar-refractivity contribution is 5.97. The summed E-state index contributed by atoms with van der Waals surface area (Å²) in [6.45, 7) is 3.64. The number of nitrogens with one attached hydrogen (secondary N) is 2. The van der Waals surface area contributed by atoms with Crippen LogP contribution in [-0.4, -0.2) is 31.4 Å². The lowest BCUT2D eigenvalue weighted by Gasteiger charge is -2.22. The topological polar surface area (TPSA) is 87.5 Å². The molecule has 1 saturated heterocycles. The minimum absolute atomic E-state index is 0.0149. The summed E-state index contributed by atoms with van der Waals surface area (Å²) >= 11 is 0. The van der Waals surface area contributed by atoms with Gasteiger partial charge in [0, 0.05) is 24.3 Å². The van der Waals surface area contributed by atoms with Gasteiger partial charge in [0.05, 0.1) is 17.9 Å². The molecule has 2 aromatic carbocycles. The molecular formula is C20H23FN4O2. The number of carbonyl (C=O) groups is 2. The molecule has 0 aliphatic carbocycles. The van der Waals surface area contributed by atoms with Crippen LogP contribution in [0.3, 0.4) is 0 Å². The maximum absolute atomic E-state index is 13.4. The third kappa shape index (κ3) is 4.55. The predicted octanol–water partition coefficient (Wildman–Crippen LogP) is 2.88. The summed E-state index contributed by atoms with van der Waals surface area (Å²) < 4.78 is 13.4. The molecule has 3 rings (SSSR count). The van der Waals surface area contributed by atoms with E-state index in [-0.39, 0.29) is 12.5 Å². The van der Waals surface area contributed by atoms with Crippen molar-refractivity contribution < 1.29 is 14.0 Å². The predicted molar refractivity (Wildman–Crippen MR) is 105 cm³/mol. The van der Waals surface area contributed by atoms with Crippen molar-refractivity contribution in [3.05, 3.63) is 53.3 Å². The number of aryl methyl sites for hydroxylation is 1. The number of primary amides is 1. The van der Waals surface area contributed by atoms with Crippen LogP contribution in [0.2, 0.25) is 0 Å². The SMILES string of the molecule is Cc1ccc(F)cc1NC(=O)CNc1cc(C(N)=O)ccc1N1CCCC1. The van der Waals surface area contributed by atoms with Crippen LogP contribution in [0.15, 0.2) is 36.4 Å². The fourth-order valence-electron chi connectivity index (χ4n) is 3.16. The third-order valence-corrected chi connectivity index (χ3v) is 4.64.